The summed E-state index contributed by atoms with van der Waals surface area (Å²) in [5, 5.41) is 3.01. The van der Waals surface area contributed by atoms with E-state index in [-0.39, 0.29) is 5.91 Å². The Morgan fingerprint density at radius 2 is 2.05 bits per heavy atom. The highest BCUT2D eigenvalue weighted by Crippen LogP contribution is 2.30. The Kier molecular flexibility index (Phi) is 3.82. The molecule has 1 saturated carbocycles. The van der Waals surface area contributed by atoms with Crippen molar-refractivity contribution in [1.29, 1.82) is 0 Å². The molecule has 0 saturated heterocycles. The summed E-state index contributed by atoms with van der Waals surface area (Å²) in [5.74, 6) is 1.97. The van der Waals surface area contributed by atoms with Crippen molar-refractivity contribution < 1.29 is 9.53 Å². The molecular weight excluding hydrogens is 256 g/mol. The van der Waals surface area contributed by atoms with Crippen LogP contribution in [0.15, 0.2) is 12.4 Å². The second kappa shape index (κ2) is 5.75. The number of fused-ring (bicyclic) bond motifs is 1. The number of carbonyl (C=O) groups excluding carboxylic acids is 1. The van der Waals surface area contributed by atoms with E-state index in [2.05, 4.69) is 15.3 Å². The number of hydrogen-bond acceptors (Lipinski definition) is 5. The molecule has 1 aromatic heterocycles. The van der Waals surface area contributed by atoms with Gasteiger partial charge in [-0.25, -0.2) is 9.97 Å². The van der Waals surface area contributed by atoms with Crippen molar-refractivity contribution in [1.82, 2.24) is 9.97 Å². The molecule has 2 heterocycles. The minimum Gasteiger partial charge on any atom is -0.381 e. The Labute approximate surface area is 118 Å². The summed E-state index contributed by atoms with van der Waals surface area (Å²) >= 11 is 0. The molecule has 108 valence electrons. The van der Waals surface area contributed by atoms with Crippen LogP contribution in [0.25, 0.3) is 0 Å². The zero-order valence-corrected chi connectivity index (χ0v) is 11.7. The number of amides is 1. The van der Waals surface area contributed by atoms with E-state index in [9.17, 15) is 4.79 Å². The lowest BCUT2D eigenvalue weighted by Crippen LogP contribution is -2.44. The monoisotopic (exact) mass is 276 g/mol. The lowest BCUT2D eigenvalue weighted by Gasteiger charge is -2.34. The zero-order valence-electron chi connectivity index (χ0n) is 11.7. The molecule has 1 aliphatic heterocycles. The molecule has 2 aliphatic rings. The highest BCUT2D eigenvalue weighted by atomic mass is 16.5. The molecular formula is C14H20N4O2. The molecule has 0 bridgehead atoms. The minimum atomic E-state index is 0.0758. The summed E-state index contributed by atoms with van der Waals surface area (Å²) in [7, 11) is 1.77. The highest BCUT2D eigenvalue weighted by molar-refractivity contribution is 6.00. The van der Waals surface area contributed by atoms with E-state index in [1.165, 1.54) is 0 Å². The average Bonchev–Trinajstić information content (AvgIpc) is 2.51. The van der Waals surface area contributed by atoms with E-state index in [1.54, 1.807) is 24.4 Å². The number of rotatable bonds is 3. The standard InChI is InChI=1S/C14H20N4O2/c1-20-11-4-2-10(3-5-11)9-18-12(19)8-17-13-14(18)16-7-6-15-13/h6-7,10-11H,2-5,8-9H2,1H3,(H,15,17)/t10-,11-. The third-order valence-electron chi connectivity index (χ3n) is 4.21. The SMILES string of the molecule is CO[C@H]1CC[C@H](CN2C(=O)CNc3nccnc32)CC1. The number of methoxy groups -OCH3 is 1. The predicted octanol–water partition coefficient (Wildman–Crippen LogP) is 1.44. The molecule has 1 fully saturated rings. The van der Waals surface area contributed by atoms with Crippen molar-refractivity contribution in [3.8, 4) is 0 Å². The summed E-state index contributed by atoms with van der Waals surface area (Å²) in [4.78, 5) is 22.4. The quantitative estimate of drug-likeness (QED) is 0.905. The number of nitrogens with zero attached hydrogens (tertiary/aromatic N) is 3. The maximum atomic E-state index is 12.1. The first-order valence-corrected chi connectivity index (χ1v) is 7.16. The molecule has 1 N–H and O–H groups in total. The van der Waals surface area contributed by atoms with Crippen molar-refractivity contribution >= 4 is 17.5 Å². The molecule has 0 spiro atoms. The van der Waals surface area contributed by atoms with Crippen molar-refractivity contribution in [2.75, 3.05) is 30.4 Å². The van der Waals surface area contributed by atoms with Crippen LogP contribution in [0.5, 0.6) is 0 Å². The van der Waals surface area contributed by atoms with Gasteiger partial charge in [-0.05, 0) is 31.6 Å². The third-order valence-corrected chi connectivity index (χ3v) is 4.21. The van der Waals surface area contributed by atoms with Gasteiger partial charge >= 0.3 is 0 Å². The maximum Gasteiger partial charge on any atom is 0.247 e. The zero-order chi connectivity index (χ0) is 13.9. The molecule has 6 heteroatoms. The first kappa shape index (κ1) is 13.3. The topological polar surface area (TPSA) is 67.3 Å². The van der Waals surface area contributed by atoms with Crippen LogP contribution in [0.4, 0.5) is 11.6 Å². The van der Waals surface area contributed by atoms with Gasteiger partial charge < -0.3 is 10.1 Å². The molecule has 0 aromatic carbocycles. The maximum absolute atomic E-state index is 12.1. The van der Waals surface area contributed by atoms with Gasteiger partial charge in [0.25, 0.3) is 0 Å². The number of nitrogens with one attached hydrogen (secondary N) is 1. The number of aromatic nitrogens is 2. The Morgan fingerprint density at radius 3 is 2.80 bits per heavy atom. The van der Waals surface area contributed by atoms with Gasteiger partial charge in [0.1, 0.15) is 0 Å². The molecule has 3 rings (SSSR count). The van der Waals surface area contributed by atoms with Crippen molar-refractivity contribution in [2.45, 2.75) is 31.8 Å². The van der Waals surface area contributed by atoms with E-state index < -0.39 is 0 Å². The second-order valence-corrected chi connectivity index (χ2v) is 5.46. The van der Waals surface area contributed by atoms with E-state index in [0.29, 0.717) is 30.2 Å². The molecule has 1 aromatic rings. The highest BCUT2D eigenvalue weighted by Gasteiger charge is 2.30. The fraction of sp³-hybridized carbons (Fsp3) is 0.643. The first-order valence-electron chi connectivity index (χ1n) is 7.16. The van der Waals surface area contributed by atoms with E-state index >= 15 is 0 Å². The third kappa shape index (κ3) is 2.60. The fourth-order valence-corrected chi connectivity index (χ4v) is 3.02. The van der Waals surface area contributed by atoms with Gasteiger partial charge in [-0.3, -0.25) is 9.69 Å². The molecule has 0 unspecified atom stereocenters. The Bertz CT molecular complexity index is 486. The van der Waals surface area contributed by atoms with E-state index in [1.807, 2.05) is 0 Å². The Balaban J connectivity index is 1.69. The first-order chi connectivity index (χ1) is 9.78. The van der Waals surface area contributed by atoms with Gasteiger partial charge in [0.05, 0.1) is 12.6 Å². The van der Waals surface area contributed by atoms with Crippen molar-refractivity contribution in [3.63, 3.8) is 0 Å². The second-order valence-electron chi connectivity index (χ2n) is 5.46. The molecule has 1 amide bonds. The van der Waals surface area contributed by atoms with E-state index in [4.69, 9.17) is 4.74 Å². The van der Waals surface area contributed by atoms with Crippen LogP contribution in [0, 0.1) is 5.92 Å². The minimum absolute atomic E-state index is 0.0758. The van der Waals surface area contributed by atoms with Crippen LogP contribution in [-0.2, 0) is 9.53 Å². The summed E-state index contributed by atoms with van der Waals surface area (Å²) < 4.78 is 5.39. The molecule has 20 heavy (non-hydrogen) atoms. The van der Waals surface area contributed by atoms with Crippen LogP contribution in [0.1, 0.15) is 25.7 Å². The largest absolute Gasteiger partial charge is 0.381 e. The number of hydrogen-bond donors (Lipinski definition) is 1. The lowest BCUT2D eigenvalue weighted by molar-refractivity contribution is -0.117. The van der Waals surface area contributed by atoms with Gasteiger partial charge in [0, 0.05) is 26.0 Å². The molecule has 1 aliphatic carbocycles. The van der Waals surface area contributed by atoms with E-state index in [0.717, 1.165) is 32.2 Å². The summed E-state index contributed by atoms with van der Waals surface area (Å²) in [6.45, 7) is 1.04. The fourth-order valence-electron chi connectivity index (χ4n) is 3.02. The average molecular weight is 276 g/mol. The van der Waals surface area contributed by atoms with Gasteiger partial charge in [-0.1, -0.05) is 0 Å². The summed E-state index contributed by atoms with van der Waals surface area (Å²) in [6.07, 6.45) is 8.02. The summed E-state index contributed by atoms with van der Waals surface area (Å²) in [6, 6.07) is 0. The van der Waals surface area contributed by atoms with Crippen molar-refractivity contribution in [2.24, 2.45) is 5.92 Å². The summed E-state index contributed by atoms with van der Waals surface area (Å²) in [5.41, 5.74) is 0. The number of carbonyl (C=O) groups is 1. The normalized spacial score (nSPS) is 26.1. The molecule has 0 atom stereocenters. The van der Waals surface area contributed by atoms with Crippen LogP contribution in [0.2, 0.25) is 0 Å². The lowest BCUT2D eigenvalue weighted by atomic mass is 9.87. The van der Waals surface area contributed by atoms with Crippen molar-refractivity contribution in [3.05, 3.63) is 12.4 Å². The number of ether oxygens (including phenoxy) is 1. The molecule has 0 radical (unpaired) electrons. The van der Waals surface area contributed by atoms with Gasteiger partial charge in [-0.15, -0.1) is 0 Å². The smallest absolute Gasteiger partial charge is 0.247 e. The van der Waals surface area contributed by atoms with Gasteiger partial charge in [-0.2, -0.15) is 0 Å². The Morgan fingerprint density at radius 1 is 1.30 bits per heavy atom. The predicted molar refractivity (Wildman–Crippen MR) is 75.6 cm³/mol. The van der Waals surface area contributed by atoms with Gasteiger partial charge in [0.2, 0.25) is 5.91 Å². The molecule has 6 nitrogen and oxygen atoms in total. The Hall–Kier alpha value is -1.69. The van der Waals surface area contributed by atoms with Crippen LogP contribution in [-0.4, -0.2) is 42.2 Å². The van der Waals surface area contributed by atoms with Gasteiger partial charge in [0.15, 0.2) is 11.6 Å². The van der Waals surface area contributed by atoms with Crippen LogP contribution >= 0.6 is 0 Å². The number of anilines is 2. The van der Waals surface area contributed by atoms with Crippen LogP contribution < -0.4 is 10.2 Å². The van der Waals surface area contributed by atoms with Crippen LogP contribution in [0.3, 0.4) is 0 Å².